The normalized spacial score (nSPS) is 10.6. The van der Waals surface area contributed by atoms with Crippen LogP contribution in [0.5, 0.6) is 0 Å². The highest BCUT2D eigenvalue weighted by Crippen LogP contribution is 2.34. The molecule has 2 aliphatic carbocycles. The second-order valence-corrected chi connectivity index (χ2v) is 6.10. The van der Waals surface area contributed by atoms with Crippen LogP contribution in [0.2, 0.25) is 0 Å². The Balaban J connectivity index is 1.88. The van der Waals surface area contributed by atoms with Gasteiger partial charge in [-0.05, 0) is 17.2 Å². The molecule has 0 fully saturated rings. The lowest BCUT2D eigenvalue weighted by Gasteiger charge is -2.02. The third kappa shape index (κ3) is 2.82. The molecule has 0 N–H and O–H groups in total. The summed E-state index contributed by atoms with van der Waals surface area (Å²) < 4.78 is 0. The standard InChI is InChI=1S/C24H16O2/c25-23(17-10-4-1-5-11-17)21-16-22(20-15-9-3-8-14-19(20)21)24(26)18-12-6-2-7-13-18/h1-16H. The first kappa shape index (κ1) is 16.0. The minimum atomic E-state index is -0.0751. The van der Waals surface area contributed by atoms with Crippen molar-refractivity contribution in [3.05, 3.63) is 119 Å². The highest BCUT2D eigenvalue weighted by molar-refractivity contribution is 6.20. The van der Waals surface area contributed by atoms with E-state index < -0.39 is 0 Å². The Labute approximate surface area is 152 Å². The molecule has 2 nitrogen and oxygen atoms in total. The van der Waals surface area contributed by atoms with Crippen LogP contribution in [0.15, 0.2) is 97.1 Å². The van der Waals surface area contributed by atoms with Gasteiger partial charge in [-0.3, -0.25) is 9.59 Å². The fourth-order valence-corrected chi connectivity index (χ4v) is 3.18. The number of fused-ring (bicyclic) bond motifs is 1. The van der Waals surface area contributed by atoms with Gasteiger partial charge < -0.3 is 0 Å². The summed E-state index contributed by atoms with van der Waals surface area (Å²) in [5.41, 5.74) is 3.93. The molecule has 124 valence electrons. The van der Waals surface area contributed by atoms with Crippen molar-refractivity contribution in [2.45, 2.75) is 0 Å². The molecule has 2 aliphatic rings. The topological polar surface area (TPSA) is 34.1 Å². The first-order valence-corrected chi connectivity index (χ1v) is 8.47. The zero-order valence-corrected chi connectivity index (χ0v) is 14.1. The van der Waals surface area contributed by atoms with E-state index in [9.17, 15) is 9.59 Å². The summed E-state index contributed by atoms with van der Waals surface area (Å²) in [6.45, 7) is 0. The summed E-state index contributed by atoms with van der Waals surface area (Å²) >= 11 is 0. The average Bonchev–Trinajstić information content (AvgIpc) is 2.89. The largest absolute Gasteiger partial charge is 0.289 e. The lowest BCUT2D eigenvalue weighted by molar-refractivity contribution is 0.103. The van der Waals surface area contributed by atoms with Gasteiger partial charge in [0, 0.05) is 22.3 Å². The number of benzene rings is 2. The van der Waals surface area contributed by atoms with Crippen LogP contribution in [0.1, 0.15) is 31.8 Å². The van der Waals surface area contributed by atoms with Crippen LogP contribution in [0.3, 0.4) is 0 Å². The van der Waals surface area contributed by atoms with Crippen LogP contribution in [0.4, 0.5) is 0 Å². The smallest absolute Gasteiger partial charge is 0.193 e. The van der Waals surface area contributed by atoms with Gasteiger partial charge in [-0.15, -0.1) is 0 Å². The van der Waals surface area contributed by atoms with Gasteiger partial charge in [-0.25, -0.2) is 0 Å². The molecular weight excluding hydrogens is 320 g/mol. The third-order valence-corrected chi connectivity index (χ3v) is 4.47. The van der Waals surface area contributed by atoms with Gasteiger partial charge in [0.1, 0.15) is 0 Å². The van der Waals surface area contributed by atoms with Crippen molar-refractivity contribution in [2.24, 2.45) is 0 Å². The van der Waals surface area contributed by atoms with Crippen molar-refractivity contribution < 1.29 is 9.59 Å². The monoisotopic (exact) mass is 336 g/mol. The third-order valence-electron chi connectivity index (χ3n) is 4.47. The molecule has 4 rings (SSSR count). The van der Waals surface area contributed by atoms with Crippen LogP contribution in [-0.4, -0.2) is 11.6 Å². The van der Waals surface area contributed by atoms with Crippen molar-refractivity contribution in [1.29, 1.82) is 0 Å². The Morgan fingerprint density at radius 2 is 0.808 bits per heavy atom. The fourth-order valence-electron chi connectivity index (χ4n) is 3.18. The van der Waals surface area contributed by atoms with E-state index in [4.69, 9.17) is 0 Å². The molecule has 0 aliphatic heterocycles. The number of carbonyl (C=O) groups excluding carboxylic acids is 2. The highest BCUT2D eigenvalue weighted by atomic mass is 16.1. The molecule has 0 radical (unpaired) electrons. The number of hydrogen-bond acceptors (Lipinski definition) is 2. The summed E-state index contributed by atoms with van der Waals surface area (Å²) in [6.07, 6.45) is 0. The van der Waals surface area contributed by atoms with Crippen LogP contribution < -0.4 is 0 Å². The first-order valence-electron chi connectivity index (χ1n) is 8.47. The molecule has 0 atom stereocenters. The molecule has 0 unspecified atom stereocenters. The molecule has 0 saturated heterocycles. The summed E-state index contributed by atoms with van der Waals surface area (Å²) in [6, 6.07) is 29.5. The summed E-state index contributed by atoms with van der Waals surface area (Å²) in [4.78, 5) is 26.0. The van der Waals surface area contributed by atoms with Crippen LogP contribution in [-0.2, 0) is 0 Å². The molecule has 2 aromatic carbocycles. The summed E-state index contributed by atoms with van der Waals surface area (Å²) in [5, 5.41) is 0. The predicted octanol–water partition coefficient (Wildman–Crippen LogP) is 5.25. The Bertz CT molecular complexity index is 967. The molecule has 0 bridgehead atoms. The molecule has 0 saturated carbocycles. The van der Waals surface area contributed by atoms with Crippen molar-refractivity contribution >= 4 is 11.6 Å². The van der Waals surface area contributed by atoms with Crippen LogP contribution >= 0.6 is 0 Å². The summed E-state index contributed by atoms with van der Waals surface area (Å²) in [7, 11) is 0. The maximum absolute atomic E-state index is 13.0. The molecule has 0 heterocycles. The van der Waals surface area contributed by atoms with Gasteiger partial charge in [0.15, 0.2) is 11.6 Å². The van der Waals surface area contributed by atoms with E-state index in [1.54, 1.807) is 30.3 Å². The summed E-state index contributed by atoms with van der Waals surface area (Å²) in [5.74, 6) is -0.150. The maximum atomic E-state index is 13.0. The molecular formula is C24H16O2. The molecule has 2 aromatic rings. The van der Waals surface area contributed by atoms with Crippen molar-refractivity contribution in [3.63, 3.8) is 0 Å². The quantitative estimate of drug-likeness (QED) is 0.477. The zero-order valence-electron chi connectivity index (χ0n) is 14.1. The molecule has 2 heteroatoms. The van der Waals surface area contributed by atoms with Crippen molar-refractivity contribution in [3.8, 4) is 11.1 Å². The van der Waals surface area contributed by atoms with E-state index in [1.165, 1.54) is 0 Å². The molecule has 0 amide bonds. The van der Waals surface area contributed by atoms with Gasteiger partial charge in [0.2, 0.25) is 0 Å². The number of hydrogen-bond donors (Lipinski definition) is 0. The van der Waals surface area contributed by atoms with Gasteiger partial charge in [-0.1, -0.05) is 91.0 Å². The minimum Gasteiger partial charge on any atom is -0.289 e. The first-order chi connectivity index (χ1) is 12.8. The van der Waals surface area contributed by atoms with Gasteiger partial charge in [0.25, 0.3) is 0 Å². The number of carbonyl (C=O) groups is 2. The zero-order chi connectivity index (χ0) is 17.9. The van der Waals surface area contributed by atoms with Crippen LogP contribution in [0.25, 0.3) is 11.1 Å². The number of ketones is 2. The lowest BCUT2D eigenvalue weighted by Crippen LogP contribution is -2.01. The van der Waals surface area contributed by atoms with Gasteiger partial charge in [-0.2, -0.15) is 0 Å². The van der Waals surface area contributed by atoms with E-state index in [0.29, 0.717) is 22.3 Å². The SMILES string of the molecule is O=C(c1ccccc1)c1cc(C(=O)c2ccccc2)c2cccccc1-2. The second kappa shape index (κ2) is 6.77. The lowest BCUT2D eigenvalue weighted by atomic mass is 10.00. The van der Waals surface area contributed by atoms with E-state index >= 15 is 0 Å². The van der Waals surface area contributed by atoms with E-state index in [-0.39, 0.29) is 11.6 Å². The van der Waals surface area contributed by atoms with Crippen LogP contribution in [0, 0.1) is 0 Å². The Morgan fingerprint density at radius 3 is 1.19 bits per heavy atom. The maximum Gasteiger partial charge on any atom is 0.193 e. The number of rotatable bonds is 4. The average molecular weight is 336 g/mol. The van der Waals surface area contributed by atoms with Gasteiger partial charge in [0.05, 0.1) is 0 Å². The van der Waals surface area contributed by atoms with Crippen molar-refractivity contribution in [1.82, 2.24) is 0 Å². The highest BCUT2D eigenvalue weighted by Gasteiger charge is 2.24. The van der Waals surface area contributed by atoms with E-state index in [1.807, 2.05) is 66.7 Å². The Hall–Kier alpha value is -3.52. The van der Waals surface area contributed by atoms with Crippen molar-refractivity contribution in [2.75, 3.05) is 0 Å². The Kier molecular flexibility index (Phi) is 4.16. The van der Waals surface area contributed by atoms with E-state index in [0.717, 1.165) is 11.1 Å². The predicted molar refractivity (Wildman–Crippen MR) is 103 cm³/mol. The molecule has 26 heavy (non-hydrogen) atoms. The molecule has 0 spiro atoms. The fraction of sp³-hybridized carbons (Fsp3) is 0. The Morgan fingerprint density at radius 1 is 0.462 bits per heavy atom. The van der Waals surface area contributed by atoms with E-state index in [2.05, 4.69) is 0 Å². The molecule has 0 aromatic heterocycles. The second-order valence-electron chi connectivity index (χ2n) is 6.10. The minimum absolute atomic E-state index is 0.0751. The van der Waals surface area contributed by atoms with Gasteiger partial charge >= 0.3 is 0 Å².